The number of imidazole rings is 1. The summed E-state index contributed by atoms with van der Waals surface area (Å²) in [5.41, 5.74) is 2.12. The number of benzene rings is 1. The molecule has 1 aliphatic heterocycles. The van der Waals surface area contributed by atoms with Crippen molar-refractivity contribution in [1.82, 2.24) is 19.4 Å². The summed E-state index contributed by atoms with van der Waals surface area (Å²) in [6, 6.07) is 7.66. The fourth-order valence-electron chi connectivity index (χ4n) is 3.21. The molecular formula is C18H18N4O3. The van der Waals surface area contributed by atoms with E-state index in [1.165, 1.54) is 12.6 Å². The van der Waals surface area contributed by atoms with Crippen molar-refractivity contribution in [2.45, 2.75) is 26.1 Å². The third kappa shape index (κ3) is 2.67. The Labute approximate surface area is 144 Å². The van der Waals surface area contributed by atoms with Crippen LogP contribution in [0, 0.1) is 6.92 Å². The van der Waals surface area contributed by atoms with Crippen LogP contribution in [-0.2, 0) is 13.1 Å². The van der Waals surface area contributed by atoms with Crippen molar-refractivity contribution >= 4 is 5.91 Å². The molecule has 0 saturated heterocycles. The first kappa shape index (κ1) is 15.4. The molecule has 7 nitrogen and oxygen atoms in total. The van der Waals surface area contributed by atoms with Crippen LogP contribution in [0.25, 0.3) is 0 Å². The Balaban J connectivity index is 1.74. The number of carbonyl (C=O) groups is 1. The average Bonchev–Trinajstić information content (AvgIpc) is 3.31. The molecule has 25 heavy (non-hydrogen) atoms. The van der Waals surface area contributed by atoms with Crippen molar-refractivity contribution in [1.29, 1.82) is 0 Å². The topological polar surface area (TPSA) is 73.4 Å². The minimum Gasteiger partial charge on any atom is -0.497 e. The number of aryl methyl sites for hydroxylation is 1. The Morgan fingerprint density at radius 1 is 1.28 bits per heavy atom. The van der Waals surface area contributed by atoms with Gasteiger partial charge in [0.05, 0.1) is 25.9 Å². The predicted octanol–water partition coefficient (Wildman–Crippen LogP) is 2.59. The van der Waals surface area contributed by atoms with Crippen LogP contribution in [0.5, 0.6) is 5.75 Å². The number of hydrogen-bond donors (Lipinski definition) is 0. The van der Waals surface area contributed by atoms with E-state index >= 15 is 0 Å². The van der Waals surface area contributed by atoms with E-state index in [1.54, 1.807) is 12.0 Å². The number of ether oxygens (including phenoxy) is 1. The molecule has 0 unspecified atom stereocenters. The smallest absolute Gasteiger partial charge is 0.292 e. The average molecular weight is 338 g/mol. The second-order valence-corrected chi connectivity index (χ2v) is 6.01. The lowest BCUT2D eigenvalue weighted by Gasteiger charge is -2.36. The lowest BCUT2D eigenvalue weighted by Crippen LogP contribution is -2.41. The van der Waals surface area contributed by atoms with Crippen molar-refractivity contribution in [3.63, 3.8) is 0 Å². The molecular weight excluding hydrogens is 320 g/mol. The summed E-state index contributed by atoms with van der Waals surface area (Å²) in [4.78, 5) is 23.0. The second-order valence-electron chi connectivity index (χ2n) is 6.01. The largest absolute Gasteiger partial charge is 0.497 e. The van der Waals surface area contributed by atoms with Crippen molar-refractivity contribution < 1.29 is 13.9 Å². The minimum absolute atomic E-state index is 0.121. The van der Waals surface area contributed by atoms with Crippen LogP contribution in [0.15, 0.2) is 47.5 Å². The van der Waals surface area contributed by atoms with Crippen LogP contribution in [0.4, 0.5) is 0 Å². The molecule has 3 aromatic rings. The lowest BCUT2D eigenvalue weighted by molar-refractivity contribution is 0.0550. The SMILES string of the molecule is COc1ccc([C@H]2Cn3c(C)cnc3CN2C(=O)c2cnco2)cc1. The van der Waals surface area contributed by atoms with Gasteiger partial charge < -0.3 is 18.6 Å². The van der Waals surface area contributed by atoms with E-state index in [9.17, 15) is 4.79 Å². The van der Waals surface area contributed by atoms with Crippen LogP contribution in [-0.4, -0.2) is 32.5 Å². The normalized spacial score (nSPS) is 16.6. The number of carbonyl (C=O) groups excluding carboxylic acids is 1. The van der Waals surface area contributed by atoms with Gasteiger partial charge in [0.2, 0.25) is 5.76 Å². The molecule has 2 aromatic heterocycles. The zero-order chi connectivity index (χ0) is 17.4. The number of hydrogen-bond acceptors (Lipinski definition) is 5. The molecule has 7 heteroatoms. The lowest BCUT2D eigenvalue weighted by atomic mass is 10.0. The summed E-state index contributed by atoms with van der Waals surface area (Å²) in [6.07, 6.45) is 4.55. The molecule has 1 aromatic carbocycles. The summed E-state index contributed by atoms with van der Waals surface area (Å²) < 4.78 is 12.6. The highest BCUT2D eigenvalue weighted by Gasteiger charge is 2.34. The highest BCUT2D eigenvalue weighted by Crippen LogP contribution is 2.32. The first-order chi connectivity index (χ1) is 12.2. The number of rotatable bonds is 3. The van der Waals surface area contributed by atoms with Crippen LogP contribution < -0.4 is 4.74 Å². The fraction of sp³-hybridized carbons (Fsp3) is 0.278. The summed E-state index contributed by atoms with van der Waals surface area (Å²) in [5.74, 6) is 1.70. The molecule has 0 aliphatic carbocycles. The minimum atomic E-state index is -0.190. The molecule has 1 amide bonds. The molecule has 3 heterocycles. The maximum absolute atomic E-state index is 12.9. The van der Waals surface area contributed by atoms with Crippen molar-refractivity contribution in [2.24, 2.45) is 0 Å². The van der Waals surface area contributed by atoms with Crippen LogP contribution in [0.3, 0.4) is 0 Å². The highest BCUT2D eigenvalue weighted by molar-refractivity contribution is 5.91. The number of amides is 1. The Morgan fingerprint density at radius 3 is 2.76 bits per heavy atom. The quantitative estimate of drug-likeness (QED) is 0.734. The first-order valence-electron chi connectivity index (χ1n) is 8.02. The number of aromatic nitrogens is 3. The molecule has 1 aliphatic rings. The number of oxazole rings is 1. The highest BCUT2D eigenvalue weighted by atomic mass is 16.5. The van der Waals surface area contributed by atoms with Crippen LogP contribution in [0.1, 0.15) is 33.7 Å². The van der Waals surface area contributed by atoms with Crippen LogP contribution >= 0.6 is 0 Å². The van der Waals surface area contributed by atoms with E-state index in [2.05, 4.69) is 14.5 Å². The molecule has 128 valence electrons. The van der Waals surface area contributed by atoms with Gasteiger partial charge in [0.15, 0.2) is 6.39 Å². The predicted molar refractivity (Wildman–Crippen MR) is 89.1 cm³/mol. The summed E-state index contributed by atoms with van der Waals surface area (Å²) in [5, 5.41) is 0. The zero-order valence-corrected chi connectivity index (χ0v) is 14.0. The Bertz CT molecular complexity index is 884. The van der Waals surface area contributed by atoms with Gasteiger partial charge in [-0.15, -0.1) is 0 Å². The van der Waals surface area contributed by atoms with Crippen molar-refractivity contribution in [3.05, 3.63) is 65.9 Å². The number of nitrogens with zero attached hydrogens (tertiary/aromatic N) is 4. The van der Waals surface area contributed by atoms with Crippen LogP contribution in [0.2, 0.25) is 0 Å². The number of methoxy groups -OCH3 is 1. The van der Waals surface area contributed by atoms with Gasteiger partial charge in [0.1, 0.15) is 11.6 Å². The molecule has 0 radical (unpaired) electrons. The van der Waals surface area contributed by atoms with E-state index in [1.807, 2.05) is 37.4 Å². The monoisotopic (exact) mass is 338 g/mol. The molecule has 0 spiro atoms. The Hall–Kier alpha value is -3.09. The fourth-order valence-corrected chi connectivity index (χ4v) is 3.21. The molecule has 0 fully saturated rings. The molecule has 0 bridgehead atoms. The van der Waals surface area contributed by atoms with Gasteiger partial charge in [-0.05, 0) is 24.6 Å². The van der Waals surface area contributed by atoms with Gasteiger partial charge in [-0.2, -0.15) is 0 Å². The van der Waals surface area contributed by atoms with E-state index in [4.69, 9.17) is 9.15 Å². The van der Waals surface area contributed by atoms with Gasteiger partial charge in [-0.25, -0.2) is 9.97 Å². The Kier molecular flexibility index (Phi) is 3.76. The number of fused-ring (bicyclic) bond motifs is 1. The van der Waals surface area contributed by atoms with Crippen molar-refractivity contribution in [3.8, 4) is 5.75 Å². The summed E-state index contributed by atoms with van der Waals surface area (Å²) in [7, 11) is 1.64. The molecule has 0 saturated carbocycles. The van der Waals surface area contributed by atoms with Crippen molar-refractivity contribution in [2.75, 3.05) is 7.11 Å². The molecule has 4 rings (SSSR count). The van der Waals surface area contributed by atoms with Gasteiger partial charge in [0, 0.05) is 18.4 Å². The van der Waals surface area contributed by atoms with E-state index in [-0.39, 0.29) is 17.7 Å². The summed E-state index contributed by atoms with van der Waals surface area (Å²) >= 11 is 0. The third-order valence-corrected chi connectivity index (χ3v) is 4.59. The maximum atomic E-state index is 12.9. The van der Waals surface area contributed by atoms with E-state index in [0.29, 0.717) is 13.1 Å². The van der Waals surface area contributed by atoms with Gasteiger partial charge in [-0.1, -0.05) is 12.1 Å². The second kappa shape index (κ2) is 6.08. The maximum Gasteiger partial charge on any atom is 0.292 e. The first-order valence-corrected chi connectivity index (χ1v) is 8.02. The van der Waals surface area contributed by atoms with Gasteiger partial charge >= 0.3 is 0 Å². The molecule has 0 N–H and O–H groups in total. The Morgan fingerprint density at radius 2 is 2.08 bits per heavy atom. The standard InChI is InChI=1S/C18H18N4O3/c1-12-7-20-17-10-22(18(23)16-8-19-11-25-16)15(9-21(12)17)13-3-5-14(24-2)6-4-13/h3-8,11,15H,9-10H2,1-2H3/t15-/m1/s1. The zero-order valence-electron chi connectivity index (χ0n) is 14.0. The third-order valence-electron chi connectivity index (χ3n) is 4.59. The summed E-state index contributed by atoms with van der Waals surface area (Å²) in [6.45, 7) is 3.09. The van der Waals surface area contributed by atoms with Gasteiger partial charge in [0.25, 0.3) is 5.91 Å². The van der Waals surface area contributed by atoms with Gasteiger partial charge in [-0.3, -0.25) is 4.79 Å². The van der Waals surface area contributed by atoms with E-state index < -0.39 is 0 Å². The molecule has 1 atom stereocenters. The van der Waals surface area contributed by atoms with E-state index in [0.717, 1.165) is 22.8 Å².